The van der Waals surface area contributed by atoms with Crippen molar-refractivity contribution in [1.29, 1.82) is 5.26 Å². The van der Waals surface area contributed by atoms with Crippen LogP contribution in [0.1, 0.15) is 10.5 Å². The van der Waals surface area contributed by atoms with E-state index in [-0.39, 0.29) is 4.83 Å². The molecule has 1 atom stereocenters. The summed E-state index contributed by atoms with van der Waals surface area (Å²) in [4.78, 5) is 3.70. The number of halogens is 1. The molecule has 0 fully saturated rings. The lowest BCUT2D eigenvalue weighted by atomic mass is 10.3. The lowest BCUT2D eigenvalue weighted by Gasteiger charge is -1.96. The van der Waals surface area contributed by atoms with Crippen LogP contribution in [0.15, 0.2) is 24.4 Å². The van der Waals surface area contributed by atoms with Gasteiger partial charge in [-0.3, -0.25) is 4.98 Å². The number of alkyl halides is 1. The Kier molecular flexibility index (Phi) is 2.41. The molecular formula is C7H5BrN2. The third kappa shape index (κ3) is 1.55. The number of aromatic nitrogens is 1. The molecule has 0 aromatic carbocycles. The van der Waals surface area contributed by atoms with Crippen molar-refractivity contribution in [2.45, 2.75) is 4.83 Å². The topological polar surface area (TPSA) is 36.7 Å². The van der Waals surface area contributed by atoms with Crippen LogP contribution in [-0.4, -0.2) is 4.98 Å². The number of hydrogen-bond donors (Lipinski definition) is 0. The van der Waals surface area contributed by atoms with E-state index in [0.29, 0.717) is 0 Å². The Morgan fingerprint density at radius 3 is 2.90 bits per heavy atom. The molecule has 1 unspecified atom stereocenters. The third-order valence-electron chi connectivity index (χ3n) is 1.06. The second-order valence-electron chi connectivity index (χ2n) is 1.75. The number of nitrogens with zero attached hydrogens (tertiary/aromatic N) is 2. The molecule has 0 bridgehead atoms. The molecule has 0 aliphatic heterocycles. The lowest BCUT2D eigenvalue weighted by Crippen LogP contribution is -1.87. The minimum Gasteiger partial charge on any atom is -0.259 e. The molecule has 10 heavy (non-hydrogen) atoms. The standard InChI is InChI=1S/C7H5BrN2/c8-6(5-9)7-3-1-2-4-10-7/h1-4,6H. The molecule has 0 spiro atoms. The van der Waals surface area contributed by atoms with Crippen LogP contribution >= 0.6 is 15.9 Å². The molecule has 0 aliphatic carbocycles. The molecule has 50 valence electrons. The summed E-state index contributed by atoms with van der Waals surface area (Å²) in [5.41, 5.74) is 0.755. The first-order chi connectivity index (χ1) is 4.84. The fourth-order valence-electron chi connectivity index (χ4n) is 0.592. The van der Waals surface area contributed by atoms with E-state index >= 15 is 0 Å². The van der Waals surface area contributed by atoms with E-state index < -0.39 is 0 Å². The van der Waals surface area contributed by atoms with E-state index in [0.717, 1.165) is 5.69 Å². The highest BCUT2D eigenvalue weighted by atomic mass is 79.9. The zero-order chi connectivity index (χ0) is 7.40. The van der Waals surface area contributed by atoms with Crippen LogP contribution in [0.2, 0.25) is 0 Å². The summed E-state index contributed by atoms with van der Waals surface area (Å²) in [6.45, 7) is 0. The molecule has 0 aliphatic rings. The maximum absolute atomic E-state index is 8.45. The van der Waals surface area contributed by atoms with Crippen LogP contribution in [0.5, 0.6) is 0 Å². The van der Waals surface area contributed by atoms with Gasteiger partial charge < -0.3 is 0 Å². The van der Waals surface area contributed by atoms with E-state index in [1.807, 2.05) is 24.3 Å². The van der Waals surface area contributed by atoms with Crippen LogP contribution in [-0.2, 0) is 0 Å². The molecule has 0 saturated heterocycles. The van der Waals surface area contributed by atoms with Crippen molar-refractivity contribution in [3.05, 3.63) is 30.1 Å². The number of hydrogen-bond acceptors (Lipinski definition) is 2. The van der Waals surface area contributed by atoms with Crippen molar-refractivity contribution in [3.8, 4) is 6.07 Å². The van der Waals surface area contributed by atoms with E-state index in [1.54, 1.807) is 6.20 Å². The van der Waals surface area contributed by atoms with Gasteiger partial charge in [0.1, 0.15) is 4.83 Å². The Bertz CT molecular complexity index is 240. The van der Waals surface area contributed by atoms with Crippen molar-refractivity contribution in [2.24, 2.45) is 0 Å². The highest BCUT2D eigenvalue weighted by Crippen LogP contribution is 2.17. The summed E-state index contributed by atoms with van der Waals surface area (Å²) in [7, 11) is 0. The summed E-state index contributed by atoms with van der Waals surface area (Å²) < 4.78 is 0. The van der Waals surface area contributed by atoms with Gasteiger partial charge in [-0.25, -0.2) is 0 Å². The normalized spacial score (nSPS) is 12.0. The summed E-state index contributed by atoms with van der Waals surface area (Å²) >= 11 is 3.16. The Hall–Kier alpha value is -0.880. The largest absolute Gasteiger partial charge is 0.259 e. The molecule has 2 nitrogen and oxygen atoms in total. The van der Waals surface area contributed by atoms with Crippen molar-refractivity contribution in [3.63, 3.8) is 0 Å². The molecule has 0 radical (unpaired) electrons. The summed E-state index contributed by atoms with van der Waals surface area (Å²) in [6.07, 6.45) is 1.67. The van der Waals surface area contributed by atoms with Crippen LogP contribution in [0.25, 0.3) is 0 Å². The average molecular weight is 197 g/mol. The van der Waals surface area contributed by atoms with Gasteiger partial charge in [0, 0.05) is 6.20 Å². The molecule has 0 amide bonds. The van der Waals surface area contributed by atoms with Crippen molar-refractivity contribution in [1.82, 2.24) is 4.98 Å². The Morgan fingerprint density at radius 2 is 2.40 bits per heavy atom. The van der Waals surface area contributed by atoms with Crippen LogP contribution in [0, 0.1) is 11.3 Å². The maximum Gasteiger partial charge on any atom is 0.143 e. The van der Waals surface area contributed by atoms with Crippen LogP contribution in [0.4, 0.5) is 0 Å². The fraction of sp³-hybridized carbons (Fsp3) is 0.143. The van der Waals surface area contributed by atoms with E-state index in [2.05, 4.69) is 20.9 Å². The molecule has 0 N–H and O–H groups in total. The summed E-state index contributed by atoms with van der Waals surface area (Å²) in [5, 5.41) is 8.45. The average Bonchev–Trinajstić information content (AvgIpc) is 2.05. The van der Waals surface area contributed by atoms with E-state index in [4.69, 9.17) is 5.26 Å². The van der Waals surface area contributed by atoms with E-state index in [1.165, 1.54) is 0 Å². The van der Waals surface area contributed by atoms with Gasteiger partial charge in [-0.05, 0) is 12.1 Å². The molecular weight excluding hydrogens is 192 g/mol. The van der Waals surface area contributed by atoms with Gasteiger partial charge in [0.2, 0.25) is 0 Å². The second-order valence-corrected chi connectivity index (χ2v) is 2.66. The zero-order valence-electron chi connectivity index (χ0n) is 5.16. The van der Waals surface area contributed by atoms with Crippen molar-refractivity contribution >= 4 is 15.9 Å². The van der Waals surface area contributed by atoms with Gasteiger partial charge >= 0.3 is 0 Å². The minimum absolute atomic E-state index is 0.284. The smallest absolute Gasteiger partial charge is 0.143 e. The first kappa shape index (κ1) is 7.23. The lowest BCUT2D eigenvalue weighted by molar-refractivity contribution is 1.11. The molecule has 1 aromatic heterocycles. The van der Waals surface area contributed by atoms with Gasteiger partial charge in [0.15, 0.2) is 0 Å². The van der Waals surface area contributed by atoms with Crippen molar-refractivity contribution < 1.29 is 0 Å². The van der Waals surface area contributed by atoms with Gasteiger partial charge in [-0.15, -0.1) is 0 Å². The van der Waals surface area contributed by atoms with Crippen LogP contribution in [0.3, 0.4) is 0 Å². The van der Waals surface area contributed by atoms with Gasteiger partial charge in [0.05, 0.1) is 11.8 Å². The predicted molar refractivity (Wildman–Crippen MR) is 41.5 cm³/mol. The van der Waals surface area contributed by atoms with Gasteiger partial charge in [-0.2, -0.15) is 5.26 Å². The van der Waals surface area contributed by atoms with E-state index in [9.17, 15) is 0 Å². The quantitative estimate of drug-likeness (QED) is 0.646. The SMILES string of the molecule is N#CC(Br)c1ccccn1. The Morgan fingerprint density at radius 1 is 1.60 bits per heavy atom. The Labute approximate surface area is 67.6 Å². The predicted octanol–water partition coefficient (Wildman–Crippen LogP) is 2.04. The summed E-state index contributed by atoms with van der Waals surface area (Å²) in [5.74, 6) is 0. The molecule has 3 heteroatoms. The monoisotopic (exact) mass is 196 g/mol. The van der Waals surface area contributed by atoms with Gasteiger partial charge in [-0.1, -0.05) is 22.0 Å². The first-order valence-electron chi connectivity index (χ1n) is 2.79. The van der Waals surface area contributed by atoms with Gasteiger partial charge in [0.25, 0.3) is 0 Å². The molecule has 0 saturated carbocycles. The summed E-state index contributed by atoms with van der Waals surface area (Å²) in [6, 6.07) is 7.52. The van der Waals surface area contributed by atoms with Crippen LogP contribution < -0.4 is 0 Å². The number of rotatable bonds is 1. The molecule has 1 aromatic rings. The highest BCUT2D eigenvalue weighted by molar-refractivity contribution is 9.09. The first-order valence-corrected chi connectivity index (χ1v) is 3.71. The van der Waals surface area contributed by atoms with Crippen molar-refractivity contribution in [2.75, 3.05) is 0 Å². The zero-order valence-corrected chi connectivity index (χ0v) is 6.75. The highest BCUT2D eigenvalue weighted by Gasteiger charge is 2.03. The fourth-order valence-corrected chi connectivity index (χ4v) is 0.863. The molecule has 1 rings (SSSR count). The maximum atomic E-state index is 8.45. The third-order valence-corrected chi connectivity index (χ3v) is 1.73. The second kappa shape index (κ2) is 3.33. The minimum atomic E-state index is -0.284. The number of pyridine rings is 1. The molecule has 1 heterocycles. The Balaban J connectivity index is 2.88. The number of nitriles is 1.